The van der Waals surface area contributed by atoms with Gasteiger partial charge in [0.15, 0.2) is 0 Å². The van der Waals surface area contributed by atoms with E-state index in [1.165, 1.54) is 16.3 Å². The predicted molar refractivity (Wildman–Crippen MR) is 110 cm³/mol. The first-order chi connectivity index (χ1) is 13.1. The van der Waals surface area contributed by atoms with Crippen molar-refractivity contribution in [1.82, 2.24) is 14.9 Å². The SMILES string of the molecule is CC(C)NC(=O)Cn1c(Cc2cccc3ccccc23)nc2ccccc21. The Morgan fingerprint density at radius 2 is 1.74 bits per heavy atom. The molecule has 3 aromatic carbocycles. The summed E-state index contributed by atoms with van der Waals surface area (Å²) in [4.78, 5) is 17.3. The molecule has 4 heteroatoms. The minimum Gasteiger partial charge on any atom is -0.352 e. The highest BCUT2D eigenvalue weighted by Gasteiger charge is 2.15. The molecule has 1 N–H and O–H groups in total. The van der Waals surface area contributed by atoms with Gasteiger partial charge in [0.1, 0.15) is 12.4 Å². The van der Waals surface area contributed by atoms with Crippen LogP contribution in [-0.4, -0.2) is 21.5 Å². The fourth-order valence-corrected chi connectivity index (χ4v) is 3.56. The third-order valence-corrected chi connectivity index (χ3v) is 4.71. The molecule has 0 aliphatic heterocycles. The normalized spacial score (nSPS) is 11.4. The highest BCUT2D eigenvalue weighted by atomic mass is 16.2. The van der Waals surface area contributed by atoms with Crippen LogP contribution in [0.15, 0.2) is 66.7 Å². The highest BCUT2D eigenvalue weighted by Crippen LogP contribution is 2.23. The molecule has 1 amide bonds. The van der Waals surface area contributed by atoms with Gasteiger partial charge in [-0.15, -0.1) is 0 Å². The molecule has 0 aliphatic rings. The zero-order valence-electron chi connectivity index (χ0n) is 15.6. The molecule has 0 radical (unpaired) electrons. The quantitative estimate of drug-likeness (QED) is 0.579. The van der Waals surface area contributed by atoms with Crippen LogP contribution in [0.25, 0.3) is 21.8 Å². The molecule has 4 nitrogen and oxygen atoms in total. The molecular weight excluding hydrogens is 334 g/mol. The van der Waals surface area contributed by atoms with Crippen molar-refractivity contribution in [3.63, 3.8) is 0 Å². The standard InChI is InChI=1S/C23H23N3O/c1-16(2)24-23(27)15-26-21-13-6-5-12-20(21)25-22(26)14-18-10-7-9-17-8-3-4-11-19(17)18/h3-13,16H,14-15H2,1-2H3,(H,24,27). The van der Waals surface area contributed by atoms with Crippen LogP contribution in [-0.2, 0) is 17.8 Å². The number of amides is 1. The van der Waals surface area contributed by atoms with Crippen LogP contribution in [0.4, 0.5) is 0 Å². The van der Waals surface area contributed by atoms with E-state index in [1.807, 2.05) is 42.7 Å². The molecule has 0 aliphatic carbocycles. The van der Waals surface area contributed by atoms with Gasteiger partial charge in [-0.3, -0.25) is 4.79 Å². The average molecular weight is 357 g/mol. The Bertz CT molecular complexity index is 1110. The highest BCUT2D eigenvalue weighted by molar-refractivity contribution is 5.86. The van der Waals surface area contributed by atoms with Crippen LogP contribution in [0.1, 0.15) is 25.2 Å². The smallest absolute Gasteiger partial charge is 0.240 e. The molecule has 0 unspecified atom stereocenters. The molecule has 4 rings (SSSR count). The van der Waals surface area contributed by atoms with Crippen molar-refractivity contribution < 1.29 is 4.79 Å². The van der Waals surface area contributed by atoms with Crippen molar-refractivity contribution in [1.29, 1.82) is 0 Å². The molecular formula is C23H23N3O. The van der Waals surface area contributed by atoms with E-state index in [4.69, 9.17) is 4.98 Å². The van der Waals surface area contributed by atoms with E-state index < -0.39 is 0 Å². The second-order valence-electron chi connectivity index (χ2n) is 7.14. The molecule has 1 aromatic heterocycles. The summed E-state index contributed by atoms with van der Waals surface area (Å²) < 4.78 is 2.04. The van der Waals surface area contributed by atoms with Gasteiger partial charge >= 0.3 is 0 Å². The Kier molecular flexibility index (Phi) is 4.63. The number of imidazole rings is 1. The Morgan fingerprint density at radius 3 is 2.59 bits per heavy atom. The summed E-state index contributed by atoms with van der Waals surface area (Å²) in [5.74, 6) is 0.916. The summed E-state index contributed by atoms with van der Waals surface area (Å²) >= 11 is 0. The molecule has 136 valence electrons. The van der Waals surface area contributed by atoms with Gasteiger partial charge in [0, 0.05) is 12.5 Å². The van der Waals surface area contributed by atoms with E-state index in [9.17, 15) is 4.79 Å². The van der Waals surface area contributed by atoms with Crippen LogP contribution in [0, 0.1) is 0 Å². The molecule has 0 bridgehead atoms. The lowest BCUT2D eigenvalue weighted by Crippen LogP contribution is -2.33. The third kappa shape index (κ3) is 3.56. The summed E-state index contributed by atoms with van der Waals surface area (Å²) in [6.45, 7) is 4.22. The Balaban J connectivity index is 1.76. The minimum atomic E-state index is 0.00678. The first-order valence-corrected chi connectivity index (χ1v) is 9.32. The summed E-state index contributed by atoms with van der Waals surface area (Å²) in [7, 11) is 0. The zero-order valence-corrected chi connectivity index (χ0v) is 15.6. The maximum absolute atomic E-state index is 12.4. The number of fused-ring (bicyclic) bond motifs is 2. The van der Waals surface area contributed by atoms with Gasteiger partial charge in [-0.2, -0.15) is 0 Å². The van der Waals surface area contributed by atoms with Crippen molar-refractivity contribution in [3.8, 4) is 0 Å². The van der Waals surface area contributed by atoms with Gasteiger partial charge in [-0.25, -0.2) is 4.98 Å². The van der Waals surface area contributed by atoms with Crippen LogP contribution in [0.3, 0.4) is 0 Å². The number of nitrogens with one attached hydrogen (secondary N) is 1. The number of hydrogen-bond acceptors (Lipinski definition) is 2. The van der Waals surface area contributed by atoms with Crippen LogP contribution >= 0.6 is 0 Å². The first-order valence-electron chi connectivity index (χ1n) is 9.32. The number of nitrogens with zero attached hydrogens (tertiary/aromatic N) is 2. The van der Waals surface area contributed by atoms with Gasteiger partial charge < -0.3 is 9.88 Å². The lowest BCUT2D eigenvalue weighted by atomic mass is 10.0. The van der Waals surface area contributed by atoms with Crippen molar-refractivity contribution in [2.24, 2.45) is 0 Å². The van der Waals surface area contributed by atoms with Gasteiger partial charge in [0.25, 0.3) is 0 Å². The van der Waals surface area contributed by atoms with E-state index in [1.54, 1.807) is 0 Å². The number of para-hydroxylation sites is 2. The maximum Gasteiger partial charge on any atom is 0.240 e. The van der Waals surface area contributed by atoms with Gasteiger partial charge in [0.05, 0.1) is 11.0 Å². The number of aromatic nitrogens is 2. The number of carbonyl (C=O) groups excluding carboxylic acids is 1. The summed E-state index contributed by atoms with van der Waals surface area (Å²) in [5, 5.41) is 5.42. The van der Waals surface area contributed by atoms with E-state index >= 15 is 0 Å². The largest absolute Gasteiger partial charge is 0.352 e. The van der Waals surface area contributed by atoms with E-state index in [2.05, 4.69) is 47.8 Å². The van der Waals surface area contributed by atoms with Crippen molar-refractivity contribution in [2.75, 3.05) is 0 Å². The van der Waals surface area contributed by atoms with Gasteiger partial charge in [-0.1, -0.05) is 54.6 Å². The van der Waals surface area contributed by atoms with E-state index in [0.29, 0.717) is 6.42 Å². The third-order valence-electron chi connectivity index (χ3n) is 4.71. The lowest BCUT2D eigenvalue weighted by molar-refractivity contribution is -0.122. The van der Waals surface area contributed by atoms with Gasteiger partial charge in [0.2, 0.25) is 5.91 Å². The second kappa shape index (κ2) is 7.23. The van der Waals surface area contributed by atoms with Crippen LogP contribution in [0.5, 0.6) is 0 Å². The maximum atomic E-state index is 12.4. The Labute approximate surface area is 158 Å². The van der Waals surface area contributed by atoms with E-state index in [0.717, 1.165) is 16.9 Å². The van der Waals surface area contributed by atoms with Gasteiger partial charge in [-0.05, 0) is 42.3 Å². The molecule has 27 heavy (non-hydrogen) atoms. The summed E-state index contributed by atoms with van der Waals surface area (Å²) in [6, 6.07) is 22.8. The molecule has 0 atom stereocenters. The number of benzene rings is 3. The fraction of sp³-hybridized carbons (Fsp3) is 0.217. The number of carbonyl (C=O) groups is 1. The van der Waals surface area contributed by atoms with Crippen molar-refractivity contribution in [3.05, 3.63) is 78.1 Å². The van der Waals surface area contributed by atoms with Crippen molar-refractivity contribution in [2.45, 2.75) is 32.9 Å². The molecule has 0 spiro atoms. The average Bonchev–Trinajstić information content (AvgIpc) is 2.99. The molecule has 1 heterocycles. The van der Waals surface area contributed by atoms with E-state index in [-0.39, 0.29) is 18.5 Å². The molecule has 0 saturated carbocycles. The summed E-state index contributed by atoms with van der Waals surface area (Å²) in [5.41, 5.74) is 3.13. The number of hydrogen-bond donors (Lipinski definition) is 1. The second-order valence-corrected chi connectivity index (χ2v) is 7.14. The minimum absolute atomic E-state index is 0.00678. The zero-order chi connectivity index (χ0) is 18.8. The first kappa shape index (κ1) is 17.3. The summed E-state index contributed by atoms with van der Waals surface area (Å²) in [6.07, 6.45) is 0.686. The fourth-order valence-electron chi connectivity index (χ4n) is 3.56. The van der Waals surface area contributed by atoms with Crippen LogP contribution < -0.4 is 5.32 Å². The topological polar surface area (TPSA) is 46.9 Å². The monoisotopic (exact) mass is 357 g/mol. The predicted octanol–water partition coefficient (Wildman–Crippen LogP) is 4.30. The number of rotatable bonds is 5. The van der Waals surface area contributed by atoms with Crippen molar-refractivity contribution >= 4 is 27.7 Å². The molecule has 4 aromatic rings. The lowest BCUT2D eigenvalue weighted by Gasteiger charge is -2.13. The Morgan fingerprint density at radius 1 is 1.00 bits per heavy atom. The van der Waals surface area contributed by atoms with Crippen LogP contribution in [0.2, 0.25) is 0 Å². The molecule has 0 saturated heterocycles. The Hall–Kier alpha value is -3.14. The molecule has 0 fully saturated rings.